The first kappa shape index (κ1) is 19.1. The molecule has 0 spiro atoms. The fourth-order valence-corrected chi connectivity index (χ4v) is 3.80. The van der Waals surface area contributed by atoms with Crippen LogP contribution in [0.5, 0.6) is 0 Å². The number of nitrogens with zero attached hydrogens (tertiary/aromatic N) is 2. The second-order valence-corrected chi connectivity index (χ2v) is 7.46. The van der Waals surface area contributed by atoms with Crippen molar-refractivity contribution in [1.29, 1.82) is 0 Å². The predicted molar refractivity (Wildman–Crippen MR) is 106 cm³/mol. The molecule has 0 aliphatic carbocycles. The van der Waals surface area contributed by atoms with Crippen LogP contribution < -0.4 is 5.32 Å². The molecule has 0 fully saturated rings. The number of aromatic nitrogens is 2. The Morgan fingerprint density at radius 1 is 1.03 bits per heavy atom. The average molecular weight is 413 g/mol. The number of halogens is 3. The number of carbonyl (C=O) groups is 1. The molecule has 0 saturated heterocycles. The smallest absolute Gasteiger partial charge is 0.298 e. The molecule has 0 atom stereocenters. The standard InChI is InChI=1S/C21H14F3N3OS/c22-21(23,24)15-7-1-4-13(10-15)11-16-12-26-20(29-16)27-19(28)17-8-2-5-14-6-3-9-25-18(14)17/h1-10,12H,11H2,(H,26,27,28). The third kappa shape index (κ3) is 4.27. The minimum absolute atomic E-state index is 0.299. The van der Waals surface area contributed by atoms with Gasteiger partial charge in [-0.3, -0.25) is 15.1 Å². The maximum atomic E-state index is 12.9. The van der Waals surface area contributed by atoms with Gasteiger partial charge in [-0.25, -0.2) is 4.98 Å². The molecule has 4 aromatic rings. The molecule has 29 heavy (non-hydrogen) atoms. The normalized spacial score (nSPS) is 11.6. The summed E-state index contributed by atoms with van der Waals surface area (Å²) >= 11 is 1.22. The summed E-state index contributed by atoms with van der Waals surface area (Å²) in [5, 5.41) is 3.97. The molecule has 146 valence electrons. The van der Waals surface area contributed by atoms with E-state index in [1.54, 1.807) is 36.7 Å². The van der Waals surface area contributed by atoms with Crippen molar-refractivity contribution in [1.82, 2.24) is 9.97 Å². The second kappa shape index (κ2) is 7.63. The first-order chi connectivity index (χ1) is 13.9. The molecular formula is C21H14F3N3OS. The van der Waals surface area contributed by atoms with Gasteiger partial charge in [0.2, 0.25) is 0 Å². The number of nitrogens with one attached hydrogen (secondary N) is 1. The van der Waals surface area contributed by atoms with Crippen molar-refractivity contribution in [2.75, 3.05) is 5.32 Å². The number of amides is 1. The Kier molecular flexibility index (Phi) is 5.02. The summed E-state index contributed by atoms with van der Waals surface area (Å²) in [7, 11) is 0. The van der Waals surface area contributed by atoms with Crippen molar-refractivity contribution >= 4 is 33.3 Å². The molecule has 1 amide bonds. The number of benzene rings is 2. The summed E-state index contributed by atoms with van der Waals surface area (Å²) in [6.45, 7) is 0. The van der Waals surface area contributed by atoms with E-state index < -0.39 is 11.7 Å². The molecular weight excluding hydrogens is 399 g/mol. The molecule has 2 heterocycles. The van der Waals surface area contributed by atoms with Crippen molar-refractivity contribution in [2.24, 2.45) is 0 Å². The maximum absolute atomic E-state index is 12.9. The Morgan fingerprint density at radius 3 is 2.66 bits per heavy atom. The van der Waals surface area contributed by atoms with Crippen LogP contribution in [-0.4, -0.2) is 15.9 Å². The van der Waals surface area contributed by atoms with Crippen molar-refractivity contribution in [3.63, 3.8) is 0 Å². The Morgan fingerprint density at radius 2 is 1.83 bits per heavy atom. The highest BCUT2D eigenvalue weighted by Crippen LogP contribution is 2.30. The van der Waals surface area contributed by atoms with Gasteiger partial charge in [-0.2, -0.15) is 13.2 Å². The van der Waals surface area contributed by atoms with E-state index in [0.29, 0.717) is 28.2 Å². The van der Waals surface area contributed by atoms with Gasteiger partial charge in [0.05, 0.1) is 16.6 Å². The molecule has 1 N–H and O–H groups in total. The van der Waals surface area contributed by atoms with Crippen LogP contribution in [0.4, 0.5) is 18.3 Å². The molecule has 4 rings (SSSR count). The van der Waals surface area contributed by atoms with Gasteiger partial charge >= 0.3 is 6.18 Å². The van der Waals surface area contributed by atoms with Gasteiger partial charge < -0.3 is 0 Å². The Bertz CT molecular complexity index is 1180. The van der Waals surface area contributed by atoms with Crippen LogP contribution >= 0.6 is 11.3 Å². The largest absolute Gasteiger partial charge is 0.416 e. The zero-order valence-electron chi connectivity index (χ0n) is 14.9. The topological polar surface area (TPSA) is 54.9 Å². The molecule has 2 aromatic carbocycles. The number of pyridine rings is 1. The summed E-state index contributed by atoms with van der Waals surface area (Å²) in [5.74, 6) is -0.339. The molecule has 0 unspecified atom stereocenters. The van der Waals surface area contributed by atoms with Crippen LogP contribution in [0, 0.1) is 0 Å². The fraction of sp³-hybridized carbons (Fsp3) is 0.0952. The third-order valence-corrected chi connectivity index (χ3v) is 5.20. The van der Waals surface area contributed by atoms with Crippen molar-refractivity contribution in [3.8, 4) is 0 Å². The van der Waals surface area contributed by atoms with E-state index in [1.165, 1.54) is 17.4 Å². The molecule has 2 aromatic heterocycles. The first-order valence-corrected chi connectivity index (χ1v) is 9.48. The highest BCUT2D eigenvalue weighted by Gasteiger charge is 2.30. The first-order valence-electron chi connectivity index (χ1n) is 8.66. The Balaban J connectivity index is 1.50. The van der Waals surface area contributed by atoms with E-state index in [-0.39, 0.29) is 5.91 Å². The number of thiazole rings is 1. The summed E-state index contributed by atoms with van der Waals surface area (Å²) in [6.07, 6.45) is -0.903. The number of hydrogen-bond acceptors (Lipinski definition) is 4. The molecule has 0 bridgehead atoms. The molecule has 0 saturated carbocycles. The van der Waals surface area contributed by atoms with Crippen LogP contribution in [-0.2, 0) is 12.6 Å². The summed E-state index contributed by atoms with van der Waals surface area (Å²) < 4.78 is 38.6. The highest BCUT2D eigenvalue weighted by atomic mass is 32.1. The van der Waals surface area contributed by atoms with E-state index >= 15 is 0 Å². The van der Waals surface area contributed by atoms with Gasteiger partial charge in [0.1, 0.15) is 0 Å². The Hall–Kier alpha value is -3.26. The molecule has 0 aliphatic heterocycles. The minimum Gasteiger partial charge on any atom is -0.298 e. The highest BCUT2D eigenvalue weighted by molar-refractivity contribution is 7.15. The number of hydrogen-bond donors (Lipinski definition) is 1. The van der Waals surface area contributed by atoms with Crippen LogP contribution in [0.25, 0.3) is 10.9 Å². The second-order valence-electron chi connectivity index (χ2n) is 6.34. The zero-order valence-corrected chi connectivity index (χ0v) is 15.7. The van der Waals surface area contributed by atoms with Gasteiger partial charge in [0.15, 0.2) is 5.13 Å². The lowest BCUT2D eigenvalue weighted by atomic mass is 10.1. The molecule has 0 aliphatic rings. The minimum atomic E-state index is -4.38. The van der Waals surface area contributed by atoms with Crippen molar-refractivity contribution in [3.05, 3.63) is 88.6 Å². The number of para-hydroxylation sites is 1. The van der Waals surface area contributed by atoms with Gasteiger partial charge in [-0.15, -0.1) is 11.3 Å². The zero-order chi connectivity index (χ0) is 20.4. The number of carbonyl (C=O) groups excluding carboxylic acids is 1. The van der Waals surface area contributed by atoms with Crippen LogP contribution in [0.15, 0.2) is 67.0 Å². The quantitative estimate of drug-likeness (QED) is 0.477. The number of alkyl halides is 3. The summed E-state index contributed by atoms with van der Waals surface area (Å²) in [4.78, 5) is 21.8. The van der Waals surface area contributed by atoms with Crippen LogP contribution in [0.2, 0.25) is 0 Å². The number of anilines is 1. The van der Waals surface area contributed by atoms with Gasteiger partial charge in [0, 0.05) is 29.1 Å². The fourth-order valence-electron chi connectivity index (χ4n) is 2.96. The average Bonchev–Trinajstić information content (AvgIpc) is 3.13. The number of fused-ring (bicyclic) bond motifs is 1. The van der Waals surface area contributed by atoms with E-state index in [0.717, 1.165) is 22.4 Å². The van der Waals surface area contributed by atoms with Crippen molar-refractivity contribution < 1.29 is 18.0 Å². The van der Waals surface area contributed by atoms with E-state index in [9.17, 15) is 18.0 Å². The monoisotopic (exact) mass is 413 g/mol. The third-order valence-electron chi connectivity index (χ3n) is 4.28. The number of rotatable bonds is 4. The van der Waals surface area contributed by atoms with Crippen molar-refractivity contribution in [2.45, 2.75) is 12.6 Å². The van der Waals surface area contributed by atoms with Crippen LogP contribution in [0.3, 0.4) is 0 Å². The molecule has 0 radical (unpaired) electrons. The Labute approximate surface area is 168 Å². The summed E-state index contributed by atoms with van der Waals surface area (Å²) in [5.41, 5.74) is 0.863. The van der Waals surface area contributed by atoms with Crippen LogP contribution in [0.1, 0.15) is 26.4 Å². The van der Waals surface area contributed by atoms with E-state index in [4.69, 9.17) is 0 Å². The predicted octanol–water partition coefficient (Wildman–Crippen LogP) is 5.55. The lowest BCUT2D eigenvalue weighted by molar-refractivity contribution is -0.137. The van der Waals surface area contributed by atoms with E-state index in [1.807, 2.05) is 12.1 Å². The lowest BCUT2D eigenvalue weighted by Crippen LogP contribution is -2.12. The lowest BCUT2D eigenvalue weighted by Gasteiger charge is -2.08. The van der Waals surface area contributed by atoms with E-state index in [2.05, 4.69) is 15.3 Å². The van der Waals surface area contributed by atoms with Gasteiger partial charge in [-0.1, -0.05) is 36.4 Å². The maximum Gasteiger partial charge on any atom is 0.416 e. The van der Waals surface area contributed by atoms with Gasteiger partial charge in [0.25, 0.3) is 5.91 Å². The van der Waals surface area contributed by atoms with Gasteiger partial charge in [-0.05, 0) is 23.8 Å². The molecule has 8 heteroatoms. The summed E-state index contributed by atoms with van der Waals surface area (Å²) in [6, 6.07) is 14.2. The SMILES string of the molecule is O=C(Nc1ncc(Cc2cccc(C(F)(F)F)c2)s1)c1cccc2cccnc12. The molecule has 4 nitrogen and oxygen atoms in total.